The van der Waals surface area contributed by atoms with E-state index in [1.807, 2.05) is 0 Å². The maximum absolute atomic E-state index is 10.9. The van der Waals surface area contributed by atoms with E-state index in [2.05, 4.69) is 38.4 Å². The van der Waals surface area contributed by atoms with Gasteiger partial charge in [-0.3, -0.25) is 0 Å². The Bertz CT molecular complexity index is 477. The largest absolute Gasteiger partial charge is 0.462 e. The Kier molecular flexibility index (Phi) is 6.78. The molecule has 1 aromatic carbocycles. The Morgan fingerprint density at radius 1 is 1.53 bits per heavy atom. The van der Waals surface area contributed by atoms with Gasteiger partial charge in [-0.15, -0.1) is 0 Å². The summed E-state index contributed by atoms with van der Waals surface area (Å²) in [5.41, 5.74) is 0. The third kappa shape index (κ3) is 6.24. The number of carbonyl (C=O) groups excluding carboxylic acids is 1. The average molecular weight is 506 g/mol. The van der Waals surface area contributed by atoms with Crippen LogP contribution < -0.4 is 4.74 Å². The second kappa shape index (κ2) is 7.61. The van der Waals surface area contributed by atoms with Crippen LogP contribution in [0.25, 0.3) is 0 Å². The minimum atomic E-state index is -1.46. The molecule has 7 heteroatoms. The van der Waals surface area contributed by atoms with Gasteiger partial charge in [0.1, 0.15) is 5.75 Å². The zero-order valence-electron chi connectivity index (χ0n) is 9.74. The van der Waals surface area contributed by atoms with Crippen molar-refractivity contribution in [2.45, 2.75) is 10.2 Å². The predicted octanol–water partition coefficient (Wildman–Crippen LogP) is 3.79. The van der Waals surface area contributed by atoms with Gasteiger partial charge in [0.15, 0.2) is 0 Å². The summed E-state index contributed by atoms with van der Waals surface area (Å²) in [7, 11) is 0. The zero-order chi connectivity index (χ0) is 14.5. The van der Waals surface area contributed by atoms with Crippen molar-refractivity contribution in [1.82, 2.24) is 0 Å². The number of aliphatic hydroxyl groups is 1. The normalized spacial score (nSPS) is 13.5. The van der Waals surface area contributed by atoms with Crippen molar-refractivity contribution in [3.63, 3.8) is 0 Å². The van der Waals surface area contributed by atoms with E-state index in [-0.39, 0.29) is 13.0 Å². The monoisotopic (exact) mass is 504 g/mol. The first-order valence-electron chi connectivity index (χ1n) is 5.18. The fourth-order valence-electron chi connectivity index (χ4n) is 1.11. The first kappa shape index (κ1) is 16.9. The number of hydrogen-bond acceptors (Lipinski definition) is 4. The molecule has 1 unspecified atom stereocenters. The van der Waals surface area contributed by atoms with Crippen LogP contribution in [0.2, 0.25) is 0 Å². The molecule has 0 heterocycles. The highest BCUT2D eigenvalue weighted by Gasteiger charge is 2.26. The molecule has 0 spiro atoms. The molecule has 4 nitrogen and oxygen atoms in total. The van der Waals surface area contributed by atoms with Crippen LogP contribution in [0.1, 0.15) is 6.42 Å². The Hall–Kier alpha value is -0.120. The van der Waals surface area contributed by atoms with E-state index >= 15 is 0 Å². The van der Waals surface area contributed by atoms with Crippen molar-refractivity contribution in [2.24, 2.45) is 0 Å². The molecule has 0 aliphatic rings. The van der Waals surface area contributed by atoms with Crippen molar-refractivity contribution < 1.29 is 19.4 Å². The predicted molar refractivity (Wildman–Crippen MR) is 87.2 cm³/mol. The van der Waals surface area contributed by atoms with Crippen LogP contribution in [-0.2, 0) is 9.53 Å². The van der Waals surface area contributed by atoms with Gasteiger partial charge in [0.25, 0.3) is 3.79 Å². The molecule has 0 aliphatic carbocycles. The fourth-order valence-corrected chi connectivity index (χ4v) is 2.70. The van der Waals surface area contributed by atoms with Gasteiger partial charge < -0.3 is 14.6 Å². The lowest BCUT2D eigenvalue weighted by Gasteiger charge is -2.23. The van der Waals surface area contributed by atoms with Gasteiger partial charge in [-0.25, -0.2) is 4.79 Å². The van der Waals surface area contributed by atoms with E-state index in [1.165, 1.54) is 0 Å². The highest BCUT2D eigenvalue weighted by atomic mass is 127. The number of ether oxygens (including phenoxy) is 2. The highest BCUT2D eigenvalue weighted by Crippen LogP contribution is 2.33. The first-order chi connectivity index (χ1) is 8.84. The van der Waals surface area contributed by atoms with Crippen molar-refractivity contribution in [3.05, 3.63) is 39.8 Å². The lowest BCUT2D eigenvalue weighted by Crippen LogP contribution is -2.30. The zero-order valence-corrected chi connectivity index (χ0v) is 15.1. The molecule has 0 aliphatic heterocycles. The Morgan fingerprint density at radius 3 is 2.79 bits per heavy atom. The first-order valence-corrected chi connectivity index (χ1v) is 7.85. The molecule has 1 rings (SSSR count). The number of alkyl halides is 1. The van der Waals surface area contributed by atoms with Gasteiger partial charge in [-0.05, 0) is 34.1 Å². The molecular formula is C12H11Br2IO4. The van der Waals surface area contributed by atoms with E-state index in [4.69, 9.17) is 9.47 Å². The molecule has 1 aromatic rings. The molecule has 0 aromatic heterocycles. The summed E-state index contributed by atoms with van der Waals surface area (Å²) in [6.45, 7) is 3.32. The van der Waals surface area contributed by atoms with Gasteiger partial charge in [0.2, 0.25) is 0 Å². The number of rotatable bonds is 6. The fraction of sp³-hybridized carbons (Fsp3) is 0.250. The maximum atomic E-state index is 10.9. The van der Waals surface area contributed by atoms with Crippen LogP contribution in [0.15, 0.2) is 39.8 Å². The average Bonchev–Trinajstić information content (AvgIpc) is 2.32. The summed E-state index contributed by atoms with van der Waals surface area (Å²) in [6, 6.07) is 5.32. The van der Waals surface area contributed by atoms with E-state index in [9.17, 15) is 9.90 Å². The summed E-state index contributed by atoms with van der Waals surface area (Å²) >= 11 is 8.41. The highest BCUT2D eigenvalue weighted by molar-refractivity contribution is 14.1. The van der Waals surface area contributed by atoms with E-state index < -0.39 is 9.76 Å². The molecule has 0 saturated heterocycles. The van der Waals surface area contributed by atoms with Crippen LogP contribution in [0, 0.1) is 0 Å². The number of esters is 1. The molecule has 0 saturated carbocycles. The molecule has 19 heavy (non-hydrogen) atoms. The molecular weight excluding hydrogens is 495 g/mol. The summed E-state index contributed by atoms with van der Waals surface area (Å²) < 4.78 is 10.4. The minimum Gasteiger partial charge on any atom is -0.462 e. The molecule has 104 valence electrons. The van der Waals surface area contributed by atoms with Gasteiger partial charge in [0.05, 0.1) is 17.5 Å². The molecule has 0 fully saturated rings. The SMILES string of the molecule is C=CC(=O)OCCC(O)(I)Oc1ccc(Br)cc1Br. The standard InChI is InChI=1S/C12H11Br2IO4/c1-2-11(16)18-6-5-12(15,17)19-10-4-3-8(13)7-9(10)14/h2-4,7,17H,1,5-6H2. The van der Waals surface area contributed by atoms with Crippen molar-refractivity contribution >= 4 is 60.4 Å². The van der Waals surface area contributed by atoms with E-state index in [0.717, 1.165) is 10.5 Å². The summed E-state index contributed by atoms with van der Waals surface area (Å²) in [6.07, 6.45) is 1.20. The van der Waals surface area contributed by atoms with Crippen molar-refractivity contribution in [2.75, 3.05) is 6.61 Å². The summed E-state index contributed by atoms with van der Waals surface area (Å²) in [4.78, 5) is 10.9. The quantitative estimate of drug-likeness (QED) is 0.210. The van der Waals surface area contributed by atoms with E-state index in [1.54, 1.807) is 40.8 Å². The second-order valence-electron chi connectivity index (χ2n) is 3.49. The Balaban J connectivity index is 2.58. The molecule has 0 amide bonds. The third-order valence-electron chi connectivity index (χ3n) is 1.98. The lowest BCUT2D eigenvalue weighted by atomic mass is 10.3. The van der Waals surface area contributed by atoms with E-state index in [0.29, 0.717) is 10.2 Å². The van der Waals surface area contributed by atoms with Gasteiger partial charge in [0, 0.05) is 33.1 Å². The Labute approximate surface area is 141 Å². The third-order valence-corrected chi connectivity index (χ3v) is 3.85. The smallest absolute Gasteiger partial charge is 0.330 e. The number of carbonyl (C=O) groups is 1. The summed E-state index contributed by atoms with van der Waals surface area (Å²) in [5, 5.41) is 10.1. The topological polar surface area (TPSA) is 55.8 Å². The van der Waals surface area contributed by atoms with Gasteiger partial charge in [-0.1, -0.05) is 22.5 Å². The summed E-state index contributed by atoms with van der Waals surface area (Å²) in [5.74, 6) is -0.0350. The van der Waals surface area contributed by atoms with Crippen LogP contribution in [0.3, 0.4) is 0 Å². The maximum Gasteiger partial charge on any atom is 0.330 e. The van der Waals surface area contributed by atoms with Crippen LogP contribution in [-0.4, -0.2) is 21.5 Å². The van der Waals surface area contributed by atoms with Crippen molar-refractivity contribution in [3.8, 4) is 5.75 Å². The molecule has 1 N–H and O–H groups in total. The van der Waals surface area contributed by atoms with Gasteiger partial charge >= 0.3 is 5.97 Å². The Morgan fingerprint density at radius 2 is 2.21 bits per heavy atom. The van der Waals surface area contributed by atoms with Crippen LogP contribution in [0.4, 0.5) is 0 Å². The van der Waals surface area contributed by atoms with Gasteiger partial charge in [-0.2, -0.15) is 0 Å². The number of hydrogen-bond donors (Lipinski definition) is 1. The minimum absolute atomic E-state index is 0.0401. The number of halogens is 3. The lowest BCUT2D eigenvalue weighted by molar-refractivity contribution is -0.140. The van der Waals surface area contributed by atoms with Crippen LogP contribution >= 0.6 is 54.5 Å². The molecule has 1 atom stereocenters. The second-order valence-corrected chi connectivity index (χ2v) is 6.94. The number of benzene rings is 1. The molecule has 0 bridgehead atoms. The molecule has 0 radical (unpaired) electrons. The van der Waals surface area contributed by atoms with Crippen molar-refractivity contribution in [1.29, 1.82) is 0 Å². The van der Waals surface area contributed by atoms with Crippen LogP contribution in [0.5, 0.6) is 5.75 Å².